The molecule has 0 bridgehead atoms. The molecule has 1 amide bonds. The van der Waals surface area contributed by atoms with Crippen LogP contribution in [0.5, 0.6) is 0 Å². The summed E-state index contributed by atoms with van der Waals surface area (Å²) in [6.07, 6.45) is 3.38. The van der Waals surface area contributed by atoms with E-state index < -0.39 is 6.17 Å². The van der Waals surface area contributed by atoms with E-state index >= 15 is 0 Å². The standard InChI is InChI=1S/C15H16N4O/c16-18-17-14-12-8-4-5-9-13(12)15(20)19(14)10-11-6-2-1-3-7-11/h1-3,6-7,14H,4-5,8-10H2. The van der Waals surface area contributed by atoms with Crippen LogP contribution in [-0.2, 0) is 11.3 Å². The summed E-state index contributed by atoms with van der Waals surface area (Å²) >= 11 is 0. The van der Waals surface area contributed by atoms with E-state index in [0.717, 1.165) is 42.4 Å². The molecule has 1 atom stereocenters. The number of amides is 1. The van der Waals surface area contributed by atoms with Crippen LogP contribution in [0.25, 0.3) is 10.4 Å². The van der Waals surface area contributed by atoms with Crippen LogP contribution in [0.1, 0.15) is 31.2 Å². The summed E-state index contributed by atoms with van der Waals surface area (Å²) in [6, 6.07) is 9.82. The zero-order valence-electron chi connectivity index (χ0n) is 11.2. The lowest BCUT2D eigenvalue weighted by molar-refractivity contribution is -0.127. The Balaban J connectivity index is 1.91. The van der Waals surface area contributed by atoms with Crippen molar-refractivity contribution in [1.82, 2.24) is 4.90 Å². The summed E-state index contributed by atoms with van der Waals surface area (Å²) in [6.45, 7) is 0.496. The molecule has 0 radical (unpaired) electrons. The van der Waals surface area contributed by atoms with Gasteiger partial charge in [-0.05, 0) is 42.4 Å². The van der Waals surface area contributed by atoms with Gasteiger partial charge in [0.25, 0.3) is 5.91 Å². The maximum Gasteiger partial charge on any atom is 0.250 e. The Morgan fingerprint density at radius 2 is 2.00 bits per heavy atom. The molecular weight excluding hydrogens is 252 g/mol. The third-order valence-corrected chi connectivity index (χ3v) is 3.99. The van der Waals surface area contributed by atoms with Crippen molar-refractivity contribution in [2.24, 2.45) is 5.11 Å². The molecule has 1 heterocycles. The van der Waals surface area contributed by atoms with E-state index in [0.29, 0.717) is 6.54 Å². The smallest absolute Gasteiger partial charge is 0.250 e. The van der Waals surface area contributed by atoms with Gasteiger partial charge in [0.2, 0.25) is 0 Å². The molecule has 3 rings (SSSR count). The molecule has 5 nitrogen and oxygen atoms in total. The monoisotopic (exact) mass is 268 g/mol. The highest BCUT2D eigenvalue weighted by atomic mass is 16.2. The third-order valence-electron chi connectivity index (χ3n) is 3.99. The second kappa shape index (κ2) is 5.39. The Hall–Kier alpha value is -2.26. The predicted octanol–water partition coefficient (Wildman–Crippen LogP) is 3.54. The number of nitrogens with zero attached hydrogens (tertiary/aromatic N) is 4. The molecule has 1 aromatic rings. The minimum absolute atomic E-state index is 0.0425. The van der Waals surface area contributed by atoms with Crippen LogP contribution in [-0.4, -0.2) is 17.0 Å². The second-order valence-electron chi connectivity index (χ2n) is 5.21. The summed E-state index contributed by atoms with van der Waals surface area (Å²) in [4.78, 5) is 17.1. The minimum Gasteiger partial charge on any atom is -0.322 e. The van der Waals surface area contributed by atoms with Crippen molar-refractivity contribution in [3.05, 3.63) is 57.5 Å². The largest absolute Gasteiger partial charge is 0.322 e. The molecule has 1 aliphatic carbocycles. The molecule has 1 aliphatic heterocycles. The first kappa shape index (κ1) is 12.8. The molecule has 5 heteroatoms. The van der Waals surface area contributed by atoms with E-state index in [4.69, 9.17) is 5.53 Å². The summed E-state index contributed by atoms with van der Waals surface area (Å²) in [5.41, 5.74) is 11.8. The van der Waals surface area contributed by atoms with Gasteiger partial charge < -0.3 is 4.90 Å². The molecule has 0 N–H and O–H groups in total. The molecule has 102 valence electrons. The highest BCUT2D eigenvalue weighted by molar-refractivity contribution is 5.97. The van der Waals surface area contributed by atoms with E-state index in [2.05, 4.69) is 10.0 Å². The van der Waals surface area contributed by atoms with Crippen LogP contribution < -0.4 is 0 Å². The summed E-state index contributed by atoms with van der Waals surface area (Å²) < 4.78 is 0. The average Bonchev–Trinajstić information content (AvgIpc) is 2.75. The molecule has 0 fully saturated rings. The first-order chi connectivity index (χ1) is 9.81. The number of hydrogen-bond donors (Lipinski definition) is 0. The SMILES string of the molecule is [N-]=[N+]=NC1C2=C(CCCC2)C(=O)N1Cc1ccccc1. The summed E-state index contributed by atoms with van der Waals surface area (Å²) in [5, 5.41) is 3.86. The first-order valence-corrected chi connectivity index (χ1v) is 6.92. The zero-order chi connectivity index (χ0) is 13.9. The molecule has 0 spiro atoms. The van der Waals surface area contributed by atoms with Gasteiger partial charge >= 0.3 is 0 Å². The zero-order valence-corrected chi connectivity index (χ0v) is 11.2. The van der Waals surface area contributed by atoms with Crippen LogP contribution in [0.2, 0.25) is 0 Å². The minimum atomic E-state index is -0.428. The highest BCUT2D eigenvalue weighted by Crippen LogP contribution is 2.37. The number of azide groups is 1. The maximum atomic E-state index is 12.5. The van der Waals surface area contributed by atoms with Crippen LogP contribution in [0, 0.1) is 0 Å². The van der Waals surface area contributed by atoms with Gasteiger partial charge in [-0.3, -0.25) is 4.79 Å². The predicted molar refractivity (Wildman–Crippen MR) is 75.4 cm³/mol. The Bertz CT molecular complexity index is 602. The molecule has 1 unspecified atom stereocenters. The van der Waals surface area contributed by atoms with Gasteiger partial charge in [-0.2, -0.15) is 0 Å². The van der Waals surface area contributed by atoms with Crippen molar-refractivity contribution < 1.29 is 4.79 Å². The Labute approximate surface area is 117 Å². The Morgan fingerprint density at radius 3 is 2.75 bits per heavy atom. The quantitative estimate of drug-likeness (QED) is 0.469. The van der Waals surface area contributed by atoms with Gasteiger partial charge in [0, 0.05) is 17.0 Å². The van der Waals surface area contributed by atoms with Crippen molar-refractivity contribution in [1.29, 1.82) is 0 Å². The molecular formula is C15H16N4O. The van der Waals surface area contributed by atoms with Gasteiger partial charge in [-0.25, -0.2) is 0 Å². The van der Waals surface area contributed by atoms with E-state index in [1.54, 1.807) is 4.90 Å². The van der Waals surface area contributed by atoms with Crippen LogP contribution in [0.3, 0.4) is 0 Å². The number of hydrogen-bond acceptors (Lipinski definition) is 2. The van der Waals surface area contributed by atoms with Crippen molar-refractivity contribution >= 4 is 5.91 Å². The summed E-state index contributed by atoms with van der Waals surface area (Å²) in [7, 11) is 0. The Kier molecular flexibility index (Phi) is 3.44. The fraction of sp³-hybridized carbons (Fsp3) is 0.400. The normalized spacial score (nSPS) is 21.7. The number of benzene rings is 1. The van der Waals surface area contributed by atoms with Crippen molar-refractivity contribution in [3.63, 3.8) is 0 Å². The van der Waals surface area contributed by atoms with Crippen LogP contribution in [0.15, 0.2) is 46.6 Å². The second-order valence-corrected chi connectivity index (χ2v) is 5.21. The first-order valence-electron chi connectivity index (χ1n) is 6.92. The van der Waals surface area contributed by atoms with Crippen molar-refractivity contribution in [3.8, 4) is 0 Å². The van der Waals surface area contributed by atoms with E-state index in [9.17, 15) is 4.79 Å². The Morgan fingerprint density at radius 1 is 1.25 bits per heavy atom. The van der Waals surface area contributed by atoms with Gasteiger partial charge in [-0.1, -0.05) is 35.4 Å². The molecule has 0 saturated carbocycles. The van der Waals surface area contributed by atoms with E-state index in [1.807, 2.05) is 30.3 Å². The fourth-order valence-corrected chi connectivity index (χ4v) is 3.05. The highest BCUT2D eigenvalue weighted by Gasteiger charge is 2.38. The maximum absolute atomic E-state index is 12.5. The van der Waals surface area contributed by atoms with E-state index in [1.165, 1.54) is 0 Å². The van der Waals surface area contributed by atoms with Crippen LogP contribution in [0.4, 0.5) is 0 Å². The molecule has 0 aromatic heterocycles. The lowest BCUT2D eigenvalue weighted by Gasteiger charge is -2.23. The molecule has 2 aliphatic rings. The van der Waals surface area contributed by atoms with E-state index in [-0.39, 0.29) is 5.91 Å². The lowest BCUT2D eigenvalue weighted by atomic mass is 9.93. The molecule has 1 aromatic carbocycles. The van der Waals surface area contributed by atoms with Gasteiger partial charge in [0.1, 0.15) is 6.17 Å². The lowest BCUT2D eigenvalue weighted by Crippen LogP contribution is -2.33. The van der Waals surface area contributed by atoms with Gasteiger partial charge in [-0.15, -0.1) is 0 Å². The number of carbonyl (C=O) groups excluding carboxylic acids is 1. The summed E-state index contributed by atoms with van der Waals surface area (Å²) in [5.74, 6) is 0.0425. The average molecular weight is 268 g/mol. The topological polar surface area (TPSA) is 69.1 Å². The fourth-order valence-electron chi connectivity index (χ4n) is 3.05. The number of rotatable bonds is 3. The molecule has 20 heavy (non-hydrogen) atoms. The van der Waals surface area contributed by atoms with Crippen molar-refractivity contribution in [2.45, 2.75) is 38.4 Å². The van der Waals surface area contributed by atoms with Crippen LogP contribution >= 0.6 is 0 Å². The van der Waals surface area contributed by atoms with Gasteiger partial charge in [0.05, 0.1) is 0 Å². The van der Waals surface area contributed by atoms with Gasteiger partial charge in [0.15, 0.2) is 0 Å². The molecule has 0 saturated heterocycles. The van der Waals surface area contributed by atoms with Crippen molar-refractivity contribution in [2.75, 3.05) is 0 Å². The number of carbonyl (C=O) groups is 1. The third kappa shape index (κ3) is 2.17.